The minimum absolute atomic E-state index is 0.716. The molecule has 0 aliphatic heterocycles. The van der Waals surface area contributed by atoms with Crippen molar-refractivity contribution in [2.75, 3.05) is 13.7 Å². The van der Waals surface area contributed by atoms with Crippen molar-refractivity contribution < 1.29 is 4.74 Å². The van der Waals surface area contributed by atoms with Crippen molar-refractivity contribution in [1.82, 2.24) is 0 Å². The van der Waals surface area contributed by atoms with Gasteiger partial charge in [-0.1, -0.05) is 6.07 Å². The maximum atomic E-state index is 5.52. The van der Waals surface area contributed by atoms with Gasteiger partial charge < -0.3 is 10.5 Å². The highest BCUT2D eigenvalue weighted by Crippen LogP contribution is 2.34. The number of halogens is 1. The Balaban J connectivity index is 3.13. The second kappa shape index (κ2) is 5.52. The van der Waals surface area contributed by atoms with Crippen LogP contribution in [0.25, 0.3) is 0 Å². The Bertz CT molecular complexity index is 350. The Kier molecular flexibility index (Phi) is 4.61. The maximum Gasteiger partial charge on any atom is 0.136 e. The molecule has 15 heavy (non-hydrogen) atoms. The number of benzene rings is 1. The molecule has 0 fully saturated rings. The largest absolute Gasteiger partial charge is 0.495 e. The molecule has 0 radical (unpaired) electrons. The van der Waals surface area contributed by atoms with E-state index >= 15 is 0 Å². The van der Waals surface area contributed by atoms with Crippen molar-refractivity contribution in [1.29, 1.82) is 0 Å². The number of aryl methyl sites for hydroxylation is 2. The van der Waals surface area contributed by atoms with Crippen LogP contribution in [0.2, 0.25) is 0 Å². The SMILES string of the molecule is COc1c(CCCN)cc(C)c(C)c1Br. The molecule has 0 spiro atoms. The van der Waals surface area contributed by atoms with Crippen LogP contribution in [0.5, 0.6) is 5.75 Å². The average molecular weight is 272 g/mol. The van der Waals surface area contributed by atoms with Crippen LogP contribution in [0.1, 0.15) is 23.1 Å². The number of hydrogen-bond donors (Lipinski definition) is 1. The van der Waals surface area contributed by atoms with E-state index in [0.29, 0.717) is 6.54 Å². The van der Waals surface area contributed by atoms with Crippen molar-refractivity contribution in [3.8, 4) is 5.75 Å². The van der Waals surface area contributed by atoms with Crippen LogP contribution in [0, 0.1) is 13.8 Å². The molecule has 84 valence electrons. The predicted octanol–water partition coefficient (Wildman–Crippen LogP) is 2.97. The normalized spacial score (nSPS) is 10.5. The lowest BCUT2D eigenvalue weighted by Gasteiger charge is -2.14. The van der Waals surface area contributed by atoms with Crippen LogP contribution < -0.4 is 10.5 Å². The highest BCUT2D eigenvalue weighted by Gasteiger charge is 2.11. The van der Waals surface area contributed by atoms with Crippen LogP contribution in [-0.4, -0.2) is 13.7 Å². The third-order valence-electron chi connectivity index (χ3n) is 2.66. The van der Waals surface area contributed by atoms with Crippen molar-refractivity contribution in [3.63, 3.8) is 0 Å². The van der Waals surface area contributed by atoms with Gasteiger partial charge in [-0.15, -0.1) is 0 Å². The predicted molar refractivity (Wildman–Crippen MR) is 67.5 cm³/mol. The molecule has 1 aromatic carbocycles. The molecule has 0 atom stereocenters. The quantitative estimate of drug-likeness (QED) is 0.914. The van der Waals surface area contributed by atoms with E-state index in [2.05, 4.69) is 35.8 Å². The zero-order valence-electron chi connectivity index (χ0n) is 9.56. The first kappa shape index (κ1) is 12.5. The Labute approximate surface area is 99.9 Å². The van der Waals surface area contributed by atoms with Crippen LogP contribution in [0.4, 0.5) is 0 Å². The fourth-order valence-electron chi connectivity index (χ4n) is 1.62. The molecule has 2 N–H and O–H groups in total. The molecule has 0 heterocycles. The van der Waals surface area contributed by atoms with Gasteiger partial charge in [0.05, 0.1) is 11.6 Å². The van der Waals surface area contributed by atoms with Gasteiger partial charge in [-0.05, 0) is 65.9 Å². The Morgan fingerprint density at radius 2 is 2.07 bits per heavy atom. The van der Waals surface area contributed by atoms with E-state index < -0.39 is 0 Å². The number of ether oxygens (including phenoxy) is 1. The van der Waals surface area contributed by atoms with Gasteiger partial charge in [0, 0.05) is 0 Å². The number of rotatable bonds is 4. The number of nitrogens with two attached hydrogens (primary N) is 1. The van der Waals surface area contributed by atoms with Crippen molar-refractivity contribution in [2.45, 2.75) is 26.7 Å². The van der Waals surface area contributed by atoms with Gasteiger partial charge >= 0.3 is 0 Å². The minimum atomic E-state index is 0.716. The molecule has 0 unspecified atom stereocenters. The van der Waals surface area contributed by atoms with E-state index in [-0.39, 0.29) is 0 Å². The van der Waals surface area contributed by atoms with Crippen molar-refractivity contribution >= 4 is 15.9 Å². The van der Waals surface area contributed by atoms with Gasteiger partial charge in [0.15, 0.2) is 0 Å². The molecular formula is C12H18BrNO. The molecule has 0 aliphatic rings. The molecule has 0 bridgehead atoms. The standard InChI is InChI=1S/C12H18BrNO/c1-8-7-10(5-4-6-14)12(15-3)11(13)9(8)2/h7H,4-6,14H2,1-3H3. The fourth-order valence-corrected chi connectivity index (χ4v) is 2.35. The second-order valence-electron chi connectivity index (χ2n) is 3.72. The third kappa shape index (κ3) is 2.73. The zero-order valence-corrected chi connectivity index (χ0v) is 11.1. The Hall–Kier alpha value is -0.540. The molecule has 0 aromatic heterocycles. The van der Waals surface area contributed by atoms with Gasteiger partial charge in [-0.25, -0.2) is 0 Å². The van der Waals surface area contributed by atoms with Gasteiger partial charge in [-0.3, -0.25) is 0 Å². The molecule has 2 nitrogen and oxygen atoms in total. The average Bonchev–Trinajstić information content (AvgIpc) is 2.23. The van der Waals surface area contributed by atoms with Gasteiger partial charge in [-0.2, -0.15) is 0 Å². The number of methoxy groups -OCH3 is 1. The van der Waals surface area contributed by atoms with Gasteiger partial charge in [0.1, 0.15) is 5.75 Å². The first-order chi connectivity index (χ1) is 7.11. The van der Waals surface area contributed by atoms with Crippen molar-refractivity contribution in [3.05, 3.63) is 27.2 Å². The lowest BCUT2D eigenvalue weighted by atomic mass is 10.0. The monoisotopic (exact) mass is 271 g/mol. The number of hydrogen-bond acceptors (Lipinski definition) is 2. The van der Waals surface area contributed by atoms with E-state index in [1.165, 1.54) is 16.7 Å². The highest BCUT2D eigenvalue weighted by molar-refractivity contribution is 9.10. The molecular weight excluding hydrogens is 254 g/mol. The first-order valence-electron chi connectivity index (χ1n) is 5.14. The lowest BCUT2D eigenvalue weighted by molar-refractivity contribution is 0.406. The second-order valence-corrected chi connectivity index (χ2v) is 4.51. The van der Waals surface area contributed by atoms with Crippen LogP contribution in [-0.2, 0) is 6.42 Å². The summed E-state index contributed by atoms with van der Waals surface area (Å²) in [5.41, 5.74) is 9.28. The van der Waals surface area contributed by atoms with Crippen LogP contribution >= 0.6 is 15.9 Å². The summed E-state index contributed by atoms with van der Waals surface area (Å²) in [5.74, 6) is 0.951. The Morgan fingerprint density at radius 3 is 2.60 bits per heavy atom. The lowest BCUT2D eigenvalue weighted by Crippen LogP contribution is -2.03. The summed E-state index contributed by atoms with van der Waals surface area (Å²) in [6.07, 6.45) is 1.96. The van der Waals surface area contributed by atoms with E-state index in [0.717, 1.165) is 23.1 Å². The molecule has 0 saturated heterocycles. The molecule has 0 saturated carbocycles. The highest BCUT2D eigenvalue weighted by atomic mass is 79.9. The summed E-state index contributed by atoms with van der Waals surface area (Å²) in [6.45, 7) is 4.92. The van der Waals surface area contributed by atoms with E-state index in [1.54, 1.807) is 7.11 Å². The first-order valence-corrected chi connectivity index (χ1v) is 5.93. The summed E-state index contributed by atoms with van der Waals surface area (Å²) in [4.78, 5) is 0. The maximum absolute atomic E-state index is 5.52. The summed E-state index contributed by atoms with van der Waals surface area (Å²) in [6, 6.07) is 2.19. The van der Waals surface area contributed by atoms with E-state index in [1.807, 2.05) is 0 Å². The summed E-state index contributed by atoms with van der Waals surface area (Å²) >= 11 is 3.58. The molecule has 3 heteroatoms. The smallest absolute Gasteiger partial charge is 0.136 e. The fraction of sp³-hybridized carbons (Fsp3) is 0.500. The van der Waals surface area contributed by atoms with Gasteiger partial charge in [0.25, 0.3) is 0 Å². The molecule has 0 aliphatic carbocycles. The minimum Gasteiger partial charge on any atom is -0.495 e. The Morgan fingerprint density at radius 1 is 1.40 bits per heavy atom. The van der Waals surface area contributed by atoms with Crippen molar-refractivity contribution in [2.24, 2.45) is 5.73 Å². The van der Waals surface area contributed by atoms with E-state index in [9.17, 15) is 0 Å². The summed E-state index contributed by atoms with van der Waals surface area (Å²) in [7, 11) is 1.71. The van der Waals surface area contributed by atoms with Gasteiger partial charge in [0.2, 0.25) is 0 Å². The van der Waals surface area contributed by atoms with Crippen LogP contribution in [0.15, 0.2) is 10.5 Å². The van der Waals surface area contributed by atoms with E-state index in [4.69, 9.17) is 10.5 Å². The topological polar surface area (TPSA) is 35.2 Å². The molecule has 1 aromatic rings. The molecule has 1 rings (SSSR count). The zero-order chi connectivity index (χ0) is 11.4. The summed E-state index contributed by atoms with van der Waals surface area (Å²) < 4.78 is 6.49. The van der Waals surface area contributed by atoms with Crippen LogP contribution in [0.3, 0.4) is 0 Å². The molecule has 0 amide bonds. The third-order valence-corrected chi connectivity index (χ3v) is 3.61. The summed E-state index contributed by atoms with van der Waals surface area (Å²) in [5, 5.41) is 0.